The van der Waals surface area contributed by atoms with Gasteiger partial charge in [0, 0.05) is 5.69 Å². The van der Waals surface area contributed by atoms with Crippen molar-refractivity contribution >= 4 is 17.7 Å². The molecule has 0 saturated heterocycles. The predicted molar refractivity (Wildman–Crippen MR) is 92.9 cm³/mol. The highest BCUT2D eigenvalue weighted by Gasteiger charge is 2.11. The van der Waals surface area contributed by atoms with Gasteiger partial charge >= 0.3 is 0 Å². The fourth-order valence-electron chi connectivity index (χ4n) is 2.16. The van der Waals surface area contributed by atoms with E-state index in [0.717, 1.165) is 5.56 Å². The van der Waals surface area contributed by atoms with Crippen LogP contribution in [-0.4, -0.2) is 20.1 Å². The van der Waals surface area contributed by atoms with Gasteiger partial charge in [-0.15, -0.1) is 0 Å². The molecule has 2 aromatic carbocycles. The first-order valence-corrected chi connectivity index (χ1v) is 7.30. The van der Waals surface area contributed by atoms with Gasteiger partial charge in [-0.2, -0.15) is 5.26 Å². The second-order valence-corrected chi connectivity index (χ2v) is 5.05. The highest BCUT2D eigenvalue weighted by atomic mass is 16.5. The van der Waals surface area contributed by atoms with Crippen molar-refractivity contribution in [1.82, 2.24) is 0 Å². The third kappa shape index (κ3) is 3.93. The topological polar surface area (TPSA) is 71.3 Å². The smallest absolute Gasteiger partial charge is 0.266 e. The summed E-state index contributed by atoms with van der Waals surface area (Å²) in [6.07, 6.45) is 1.51. The highest BCUT2D eigenvalue weighted by molar-refractivity contribution is 6.10. The fourth-order valence-corrected chi connectivity index (χ4v) is 2.16. The minimum Gasteiger partial charge on any atom is -0.493 e. The molecule has 0 radical (unpaired) electrons. The maximum absolute atomic E-state index is 12.3. The van der Waals surface area contributed by atoms with Gasteiger partial charge in [0.05, 0.1) is 14.2 Å². The molecule has 5 heteroatoms. The number of nitriles is 1. The van der Waals surface area contributed by atoms with Gasteiger partial charge < -0.3 is 14.8 Å². The molecule has 0 atom stereocenters. The standard InChI is InChI=1S/C19H18N2O3/c1-13-6-4-5-7-16(13)21-19(22)15(12-20)10-14-8-9-17(23-2)18(11-14)24-3/h4-11H,1-3H3,(H,21,22)/b15-10-. The van der Waals surface area contributed by atoms with Crippen LogP contribution in [0.25, 0.3) is 6.08 Å². The Morgan fingerprint density at radius 1 is 1.12 bits per heavy atom. The molecule has 5 nitrogen and oxygen atoms in total. The molecule has 122 valence electrons. The lowest BCUT2D eigenvalue weighted by atomic mass is 10.1. The van der Waals surface area contributed by atoms with Crippen LogP contribution in [0.3, 0.4) is 0 Å². The minimum atomic E-state index is -0.457. The van der Waals surface area contributed by atoms with Crippen molar-refractivity contribution in [2.24, 2.45) is 0 Å². The molecule has 0 aromatic heterocycles. The number of carbonyl (C=O) groups excluding carboxylic acids is 1. The SMILES string of the molecule is COc1ccc(/C=C(/C#N)C(=O)Nc2ccccc2C)cc1OC. The van der Waals surface area contributed by atoms with E-state index in [1.54, 1.807) is 31.4 Å². The molecule has 0 unspecified atom stereocenters. The molecule has 0 saturated carbocycles. The number of carbonyl (C=O) groups is 1. The van der Waals surface area contributed by atoms with E-state index in [9.17, 15) is 10.1 Å². The van der Waals surface area contributed by atoms with Gasteiger partial charge in [0.1, 0.15) is 11.6 Å². The molecular formula is C19H18N2O3. The molecule has 0 fully saturated rings. The number of nitrogens with zero attached hydrogens (tertiary/aromatic N) is 1. The number of nitrogens with one attached hydrogen (secondary N) is 1. The van der Waals surface area contributed by atoms with E-state index in [2.05, 4.69) is 5.32 Å². The van der Waals surface area contributed by atoms with Crippen molar-refractivity contribution < 1.29 is 14.3 Å². The average molecular weight is 322 g/mol. The van der Waals surface area contributed by atoms with E-state index in [1.807, 2.05) is 31.2 Å². The summed E-state index contributed by atoms with van der Waals surface area (Å²) in [6.45, 7) is 1.89. The maximum Gasteiger partial charge on any atom is 0.266 e. The van der Waals surface area contributed by atoms with E-state index in [0.29, 0.717) is 22.7 Å². The molecule has 2 aromatic rings. The first-order chi connectivity index (χ1) is 11.6. The third-order valence-corrected chi connectivity index (χ3v) is 3.48. The molecule has 1 amide bonds. The minimum absolute atomic E-state index is 0.00507. The van der Waals surface area contributed by atoms with Crippen molar-refractivity contribution in [2.75, 3.05) is 19.5 Å². The Kier molecular flexibility index (Phi) is 5.58. The van der Waals surface area contributed by atoms with Gasteiger partial charge in [-0.25, -0.2) is 0 Å². The van der Waals surface area contributed by atoms with Gasteiger partial charge in [-0.05, 0) is 42.3 Å². The van der Waals surface area contributed by atoms with Crippen molar-refractivity contribution in [2.45, 2.75) is 6.92 Å². The molecular weight excluding hydrogens is 304 g/mol. The van der Waals surface area contributed by atoms with Crippen molar-refractivity contribution in [1.29, 1.82) is 5.26 Å². The number of hydrogen-bond acceptors (Lipinski definition) is 4. The first kappa shape index (κ1) is 17.1. The van der Waals surface area contributed by atoms with Crippen LogP contribution in [0.15, 0.2) is 48.0 Å². The summed E-state index contributed by atoms with van der Waals surface area (Å²) in [5.74, 6) is 0.655. The van der Waals surface area contributed by atoms with Crippen molar-refractivity contribution in [3.05, 3.63) is 59.2 Å². The number of ether oxygens (including phenoxy) is 2. The van der Waals surface area contributed by atoms with Crippen LogP contribution in [-0.2, 0) is 4.79 Å². The van der Waals surface area contributed by atoms with E-state index >= 15 is 0 Å². The zero-order valence-electron chi connectivity index (χ0n) is 13.8. The summed E-state index contributed by atoms with van der Waals surface area (Å²) in [5, 5.41) is 12.0. The number of amides is 1. The highest BCUT2D eigenvalue weighted by Crippen LogP contribution is 2.28. The molecule has 1 N–H and O–H groups in total. The zero-order valence-corrected chi connectivity index (χ0v) is 13.8. The molecule has 0 heterocycles. The fraction of sp³-hybridized carbons (Fsp3) is 0.158. The Morgan fingerprint density at radius 3 is 2.46 bits per heavy atom. The summed E-state index contributed by atoms with van der Waals surface area (Å²) in [4.78, 5) is 12.3. The Bertz CT molecular complexity index is 820. The van der Waals surface area contributed by atoms with Crippen LogP contribution >= 0.6 is 0 Å². The van der Waals surface area contributed by atoms with Gasteiger partial charge in [0.15, 0.2) is 11.5 Å². The lowest BCUT2D eigenvalue weighted by Gasteiger charge is -2.09. The van der Waals surface area contributed by atoms with Crippen LogP contribution in [0.5, 0.6) is 11.5 Å². The van der Waals surface area contributed by atoms with Crippen LogP contribution in [0.4, 0.5) is 5.69 Å². The number of rotatable bonds is 5. The van der Waals surface area contributed by atoms with Crippen molar-refractivity contribution in [3.8, 4) is 17.6 Å². The predicted octanol–water partition coefficient (Wildman–Crippen LogP) is 3.56. The van der Waals surface area contributed by atoms with Crippen LogP contribution < -0.4 is 14.8 Å². The molecule has 0 spiro atoms. The lowest BCUT2D eigenvalue weighted by Crippen LogP contribution is -2.14. The number of para-hydroxylation sites is 1. The Morgan fingerprint density at radius 2 is 1.83 bits per heavy atom. The van der Waals surface area contributed by atoms with Gasteiger partial charge in [-0.1, -0.05) is 24.3 Å². The van der Waals surface area contributed by atoms with Crippen LogP contribution in [0.1, 0.15) is 11.1 Å². The molecule has 0 bridgehead atoms. The Labute approximate surface area is 141 Å². The zero-order chi connectivity index (χ0) is 17.5. The maximum atomic E-state index is 12.3. The van der Waals surface area contributed by atoms with E-state index in [-0.39, 0.29) is 5.57 Å². The number of methoxy groups -OCH3 is 2. The molecule has 24 heavy (non-hydrogen) atoms. The average Bonchev–Trinajstić information content (AvgIpc) is 2.61. The lowest BCUT2D eigenvalue weighted by molar-refractivity contribution is -0.112. The summed E-state index contributed by atoms with van der Waals surface area (Å²) in [7, 11) is 3.07. The van der Waals surface area contributed by atoms with E-state index < -0.39 is 5.91 Å². The second kappa shape index (κ2) is 7.84. The second-order valence-electron chi connectivity index (χ2n) is 5.05. The molecule has 0 aliphatic carbocycles. The van der Waals surface area contributed by atoms with Crippen molar-refractivity contribution in [3.63, 3.8) is 0 Å². The van der Waals surface area contributed by atoms with E-state index in [4.69, 9.17) is 9.47 Å². The third-order valence-electron chi connectivity index (χ3n) is 3.48. The molecule has 0 aliphatic heterocycles. The van der Waals surface area contributed by atoms with Gasteiger partial charge in [0.25, 0.3) is 5.91 Å². The van der Waals surface area contributed by atoms with E-state index in [1.165, 1.54) is 13.2 Å². The molecule has 0 aliphatic rings. The monoisotopic (exact) mass is 322 g/mol. The summed E-state index contributed by atoms with van der Waals surface area (Å²) >= 11 is 0. The van der Waals surface area contributed by atoms with Crippen LogP contribution in [0, 0.1) is 18.3 Å². The number of hydrogen-bond donors (Lipinski definition) is 1. The van der Waals surface area contributed by atoms with Gasteiger partial charge in [0.2, 0.25) is 0 Å². The number of benzene rings is 2. The quantitative estimate of drug-likeness (QED) is 0.675. The first-order valence-electron chi connectivity index (χ1n) is 7.30. The largest absolute Gasteiger partial charge is 0.493 e. The number of anilines is 1. The van der Waals surface area contributed by atoms with Gasteiger partial charge in [-0.3, -0.25) is 4.79 Å². The van der Waals surface area contributed by atoms with Crippen LogP contribution in [0.2, 0.25) is 0 Å². The summed E-state index contributed by atoms with van der Waals surface area (Å²) in [5.41, 5.74) is 2.28. The normalized spacial score (nSPS) is 10.7. The molecule has 2 rings (SSSR count). The Balaban J connectivity index is 2.27. The summed E-state index contributed by atoms with van der Waals surface area (Å²) < 4.78 is 10.4. The Hall–Kier alpha value is -3.26. The summed E-state index contributed by atoms with van der Waals surface area (Å²) in [6, 6.07) is 14.5. The number of aryl methyl sites for hydroxylation is 1.